The van der Waals surface area contributed by atoms with Crippen LogP contribution in [0.1, 0.15) is 55.8 Å². The molecule has 1 saturated heterocycles. The Labute approximate surface area is 190 Å². The number of likely N-dealkylation sites (tertiary alicyclic amines) is 1. The van der Waals surface area contributed by atoms with E-state index in [0.29, 0.717) is 25.9 Å². The van der Waals surface area contributed by atoms with Crippen LogP contribution in [0.15, 0.2) is 48.5 Å². The summed E-state index contributed by atoms with van der Waals surface area (Å²) in [6.07, 6.45) is 2.20. The quantitative estimate of drug-likeness (QED) is 0.773. The number of hydrogen-bond acceptors (Lipinski definition) is 3. The van der Waals surface area contributed by atoms with Gasteiger partial charge in [0, 0.05) is 32.1 Å². The lowest BCUT2D eigenvalue weighted by Gasteiger charge is -2.38. The molecule has 0 bridgehead atoms. The van der Waals surface area contributed by atoms with Gasteiger partial charge in [0.1, 0.15) is 17.4 Å². The number of amides is 3. The molecule has 2 aromatic carbocycles. The largest absolute Gasteiger partial charge is 0.487 e. The molecule has 3 amide bonds. The van der Waals surface area contributed by atoms with Crippen molar-refractivity contribution in [3.8, 4) is 5.75 Å². The first-order chi connectivity index (χ1) is 15.2. The van der Waals surface area contributed by atoms with E-state index < -0.39 is 6.04 Å². The zero-order valence-corrected chi connectivity index (χ0v) is 19.4. The van der Waals surface area contributed by atoms with Crippen molar-refractivity contribution in [2.24, 2.45) is 0 Å². The standard InChI is InChI=1S/C26H33N3O3/c1-18-11-13-19(14-12-18)17-28(4)24(30)22-9-7-15-29(22)25(31)27-21-16-26(2,3)32-23-10-6-5-8-20(21)23/h5-6,8,10-14,21-22H,7,9,15-17H2,1-4H3,(H,27,31). The fraction of sp³-hybridized carbons (Fsp3) is 0.462. The highest BCUT2D eigenvalue weighted by Gasteiger charge is 2.39. The van der Waals surface area contributed by atoms with Crippen molar-refractivity contribution in [1.29, 1.82) is 0 Å². The first-order valence-electron chi connectivity index (χ1n) is 11.4. The number of carbonyl (C=O) groups excluding carboxylic acids is 2. The molecule has 2 heterocycles. The van der Waals surface area contributed by atoms with E-state index in [4.69, 9.17) is 4.74 Å². The third-order valence-corrected chi connectivity index (χ3v) is 6.39. The van der Waals surface area contributed by atoms with Gasteiger partial charge in [-0.05, 0) is 45.2 Å². The number of para-hydroxylation sites is 1. The molecule has 2 aliphatic heterocycles. The third kappa shape index (κ3) is 4.74. The molecule has 4 rings (SSSR count). The number of nitrogens with one attached hydrogen (secondary N) is 1. The predicted molar refractivity (Wildman–Crippen MR) is 124 cm³/mol. The third-order valence-electron chi connectivity index (χ3n) is 6.39. The van der Waals surface area contributed by atoms with Crippen LogP contribution in [0.2, 0.25) is 0 Å². The van der Waals surface area contributed by atoms with Crippen molar-refractivity contribution < 1.29 is 14.3 Å². The Morgan fingerprint density at radius 3 is 2.62 bits per heavy atom. The minimum Gasteiger partial charge on any atom is -0.487 e. The number of ether oxygens (including phenoxy) is 1. The maximum Gasteiger partial charge on any atom is 0.318 e. The molecule has 6 heteroatoms. The zero-order chi connectivity index (χ0) is 22.9. The highest BCUT2D eigenvalue weighted by Crippen LogP contribution is 2.39. The van der Waals surface area contributed by atoms with Gasteiger partial charge in [0.25, 0.3) is 0 Å². The molecule has 6 nitrogen and oxygen atoms in total. The van der Waals surface area contributed by atoms with Crippen LogP contribution in [0.25, 0.3) is 0 Å². The SMILES string of the molecule is Cc1ccc(CN(C)C(=O)C2CCCN2C(=O)NC2CC(C)(C)Oc3ccccc32)cc1. The highest BCUT2D eigenvalue weighted by molar-refractivity contribution is 5.87. The Morgan fingerprint density at radius 2 is 1.88 bits per heavy atom. The Balaban J connectivity index is 1.44. The predicted octanol–water partition coefficient (Wildman–Crippen LogP) is 4.43. The summed E-state index contributed by atoms with van der Waals surface area (Å²) in [7, 11) is 1.81. The summed E-state index contributed by atoms with van der Waals surface area (Å²) in [6.45, 7) is 7.24. The van der Waals surface area contributed by atoms with E-state index in [0.717, 1.165) is 23.3 Å². The second kappa shape index (κ2) is 8.85. The van der Waals surface area contributed by atoms with Gasteiger partial charge in [0.15, 0.2) is 0 Å². The fourth-order valence-corrected chi connectivity index (χ4v) is 4.73. The number of hydrogen-bond donors (Lipinski definition) is 1. The first-order valence-corrected chi connectivity index (χ1v) is 11.4. The molecule has 2 aromatic rings. The van der Waals surface area contributed by atoms with Crippen LogP contribution in [0.4, 0.5) is 4.79 Å². The number of carbonyl (C=O) groups is 2. The van der Waals surface area contributed by atoms with E-state index in [1.54, 1.807) is 9.80 Å². The van der Waals surface area contributed by atoms with E-state index in [9.17, 15) is 9.59 Å². The van der Waals surface area contributed by atoms with Gasteiger partial charge >= 0.3 is 6.03 Å². The second-order valence-electron chi connectivity index (χ2n) is 9.64. The molecule has 2 unspecified atom stereocenters. The fourth-order valence-electron chi connectivity index (χ4n) is 4.73. The van der Waals surface area contributed by atoms with Gasteiger partial charge in [0.2, 0.25) is 5.91 Å². The summed E-state index contributed by atoms with van der Waals surface area (Å²) in [4.78, 5) is 29.9. The number of likely N-dealkylation sites (N-methyl/N-ethyl adjacent to an activating group) is 1. The lowest BCUT2D eigenvalue weighted by Crippen LogP contribution is -2.51. The molecule has 2 aliphatic rings. The monoisotopic (exact) mass is 435 g/mol. The summed E-state index contributed by atoms with van der Waals surface area (Å²) >= 11 is 0. The average molecular weight is 436 g/mol. The molecule has 1 N–H and O–H groups in total. The molecule has 0 radical (unpaired) electrons. The molecule has 0 saturated carbocycles. The number of rotatable bonds is 4. The second-order valence-corrected chi connectivity index (χ2v) is 9.64. The molecule has 2 atom stereocenters. The van der Waals surface area contributed by atoms with Crippen molar-refractivity contribution >= 4 is 11.9 Å². The summed E-state index contributed by atoms with van der Waals surface area (Å²) in [5, 5.41) is 3.19. The molecule has 0 aliphatic carbocycles. The van der Waals surface area contributed by atoms with Gasteiger partial charge in [-0.3, -0.25) is 4.79 Å². The van der Waals surface area contributed by atoms with Crippen LogP contribution in [-0.2, 0) is 11.3 Å². The van der Waals surface area contributed by atoms with Crippen LogP contribution in [0.5, 0.6) is 5.75 Å². The van der Waals surface area contributed by atoms with Crippen LogP contribution in [0, 0.1) is 6.92 Å². The maximum absolute atomic E-state index is 13.3. The van der Waals surface area contributed by atoms with Crippen LogP contribution >= 0.6 is 0 Å². The van der Waals surface area contributed by atoms with Crippen molar-refractivity contribution in [3.63, 3.8) is 0 Å². The normalized spacial score (nSPS) is 21.4. The zero-order valence-electron chi connectivity index (χ0n) is 19.4. The smallest absolute Gasteiger partial charge is 0.318 e. The minimum atomic E-state index is -0.423. The van der Waals surface area contributed by atoms with E-state index in [1.165, 1.54) is 5.56 Å². The summed E-state index contributed by atoms with van der Waals surface area (Å²) in [5.41, 5.74) is 2.89. The highest BCUT2D eigenvalue weighted by atomic mass is 16.5. The van der Waals surface area contributed by atoms with Crippen molar-refractivity contribution in [2.45, 2.75) is 64.3 Å². The Kier molecular flexibility index (Phi) is 6.13. The Morgan fingerprint density at radius 1 is 1.16 bits per heavy atom. The maximum atomic E-state index is 13.3. The number of benzene rings is 2. The number of urea groups is 1. The summed E-state index contributed by atoms with van der Waals surface area (Å²) < 4.78 is 6.09. The van der Waals surface area contributed by atoms with Crippen molar-refractivity contribution in [3.05, 3.63) is 65.2 Å². The molecule has 170 valence electrons. The molecule has 1 fully saturated rings. The lowest BCUT2D eigenvalue weighted by molar-refractivity contribution is -0.134. The molecule has 0 aromatic heterocycles. The van der Waals surface area contributed by atoms with Gasteiger partial charge < -0.3 is 19.9 Å². The summed E-state index contributed by atoms with van der Waals surface area (Å²) in [5.74, 6) is 0.798. The molecular formula is C26H33N3O3. The topological polar surface area (TPSA) is 61.9 Å². The van der Waals surface area contributed by atoms with Gasteiger partial charge in [-0.25, -0.2) is 4.79 Å². The van der Waals surface area contributed by atoms with Crippen molar-refractivity contribution in [2.75, 3.05) is 13.6 Å². The first kappa shape index (κ1) is 22.2. The molecular weight excluding hydrogens is 402 g/mol. The summed E-state index contributed by atoms with van der Waals surface area (Å²) in [6, 6.07) is 15.3. The number of fused-ring (bicyclic) bond motifs is 1. The molecule has 32 heavy (non-hydrogen) atoms. The van der Waals surface area contributed by atoms with Crippen LogP contribution in [-0.4, -0.2) is 47.0 Å². The van der Waals surface area contributed by atoms with E-state index in [-0.39, 0.29) is 23.6 Å². The van der Waals surface area contributed by atoms with Crippen LogP contribution < -0.4 is 10.1 Å². The number of aryl methyl sites for hydroxylation is 1. The Bertz CT molecular complexity index is 986. The lowest BCUT2D eigenvalue weighted by atomic mass is 9.90. The van der Waals surface area contributed by atoms with E-state index in [1.807, 2.05) is 64.2 Å². The number of nitrogens with zero attached hydrogens (tertiary/aromatic N) is 2. The van der Waals surface area contributed by atoms with E-state index >= 15 is 0 Å². The minimum absolute atomic E-state index is 0.00840. The van der Waals surface area contributed by atoms with Gasteiger partial charge in [-0.1, -0.05) is 48.0 Å². The van der Waals surface area contributed by atoms with Gasteiger partial charge in [-0.2, -0.15) is 0 Å². The van der Waals surface area contributed by atoms with Gasteiger partial charge in [0.05, 0.1) is 6.04 Å². The van der Waals surface area contributed by atoms with Crippen LogP contribution in [0.3, 0.4) is 0 Å². The van der Waals surface area contributed by atoms with E-state index in [2.05, 4.69) is 17.4 Å². The van der Waals surface area contributed by atoms with Crippen molar-refractivity contribution in [1.82, 2.24) is 15.1 Å². The average Bonchev–Trinajstić information content (AvgIpc) is 3.24. The molecule has 0 spiro atoms. The Hall–Kier alpha value is -3.02. The van der Waals surface area contributed by atoms with Gasteiger partial charge in [-0.15, -0.1) is 0 Å².